The lowest BCUT2D eigenvalue weighted by Crippen LogP contribution is -2.46. The van der Waals surface area contributed by atoms with Gasteiger partial charge in [0.15, 0.2) is 5.82 Å². The summed E-state index contributed by atoms with van der Waals surface area (Å²) in [6, 6.07) is 0.768. The molecule has 25 heavy (non-hydrogen) atoms. The molecule has 0 bridgehead atoms. The molecule has 1 N–H and O–H groups in total. The maximum absolute atomic E-state index is 13.0. The van der Waals surface area contributed by atoms with Crippen molar-refractivity contribution in [2.45, 2.75) is 69.9 Å². The van der Waals surface area contributed by atoms with Crippen molar-refractivity contribution in [2.75, 3.05) is 23.5 Å². The summed E-state index contributed by atoms with van der Waals surface area (Å²) < 4.78 is 0. The van der Waals surface area contributed by atoms with Gasteiger partial charge in [-0.2, -0.15) is 0 Å². The van der Waals surface area contributed by atoms with E-state index in [9.17, 15) is 4.79 Å². The minimum absolute atomic E-state index is 0.0840. The number of aromatic nitrogens is 2. The summed E-state index contributed by atoms with van der Waals surface area (Å²) in [5.74, 6) is 2.02. The summed E-state index contributed by atoms with van der Waals surface area (Å²) in [6.07, 6.45) is 11.3. The highest BCUT2D eigenvalue weighted by Gasteiger charge is 2.45. The molecular formula is C19H28N4O2. The van der Waals surface area contributed by atoms with Crippen LogP contribution < -0.4 is 9.80 Å². The molecule has 2 fully saturated rings. The molecule has 4 rings (SSSR count). The number of aliphatic hydroxyl groups excluding tert-OH is 1. The zero-order valence-corrected chi connectivity index (χ0v) is 15.0. The number of nitrogens with zero attached hydrogens (tertiary/aromatic N) is 4. The minimum atomic E-state index is 0.0840. The summed E-state index contributed by atoms with van der Waals surface area (Å²) in [5.41, 5.74) is 0.846. The van der Waals surface area contributed by atoms with E-state index < -0.39 is 0 Å². The van der Waals surface area contributed by atoms with E-state index in [0.717, 1.165) is 36.6 Å². The van der Waals surface area contributed by atoms with Crippen molar-refractivity contribution in [3.8, 4) is 0 Å². The number of carbonyl (C=O) groups is 1. The number of carbonyl (C=O) groups excluding carboxylic acids is 1. The second kappa shape index (κ2) is 6.90. The zero-order valence-electron chi connectivity index (χ0n) is 15.0. The van der Waals surface area contributed by atoms with Gasteiger partial charge in [0.05, 0.1) is 12.1 Å². The summed E-state index contributed by atoms with van der Waals surface area (Å²) in [5, 5.41) is 9.12. The number of amides is 1. The van der Waals surface area contributed by atoms with Crippen molar-refractivity contribution in [3.63, 3.8) is 0 Å². The number of aliphatic hydroxyl groups is 1. The maximum Gasteiger partial charge on any atom is 0.232 e. The van der Waals surface area contributed by atoms with Crippen molar-refractivity contribution < 1.29 is 9.90 Å². The van der Waals surface area contributed by atoms with Crippen LogP contribution in [0.1, 0.15) is 57.2 Å². The molecule has 2 atom stereocenters. The lowest BCUT2D eigenvalue weighted by atomic mass is 9.99. The Labute approximate surface area is 149 Å². The molecule has 1 aromatic heterocycles. The molecule has 1 amide bonds. The van der Waals surface area contributed by atoms with Gasteiger partial charge in [0.25, 0.3) is 0 Å². The molecule has 3 aliphatic rings. The van der Waals surface area contributed by atoms with Gasteiger partial charge in [-0.1, -0.05) is 19.3 Å². The Morgan fingerprint density at radius 1 is 1.20 bits per heavy atom. The molecule has 1 aromatic rings. The van der Waals surface area contributed by atoms with Gasteiger partial charge in [-0.15, -0.1) is 0 Å². The fourth-order valence-corrected chi connectivity index (χ4v) is 4.90. The van der Waals surface area contributed by atoms with E-state index in [1.54, 1.807) is 4.90 Å². The van der Waals surface area contributed by atoms with Gasteiger partial charge in [-0.3, -0.25) is 4.79 Å². The number of anilines is 2. The quantitative estimate of drug-likeness (QED) is 0.907. The second-order valence-corrected chi connectivity index (χ2v) is 7.67. The third-order valence-corrected chi connectivity index (χ3v) is 6.17. The minimum Gasteiger partial charge on any atom is -0.396 e. The van der Waals surface area contributed by atoms with E-state index in [4.69, 9.17) is 10.1 Å². The van der Waals surface area contributed by atoms with Crippen molar-refractivity contribution in [2.24, 2.45) is 5.92 Å². The molecule has 6 heteroatoms. The predicted octanol–water partition coefficient (Wildman–Crippen LogP) is 2.30. The van der Waals surface area contributed by atoms with E-state index in [2.05, 4.69) is 9.88 Å². The van der Waals surface area contributed by atoms with Gasteiger partial charge in [0.1, 0.15) is 11.5 Å². The van der Waals surface area contributed by atoms with Crippen molar-refractivity contribution in [1.82, 2.24) is 9.97 Å². The molecule has 2 aliphatic carbocycles. The molecule has 0 aromatic carbocycles. The van der Waals surface area contributed by atoms with Crippen LogP contribution in [0.4, 0.5) is 11.5 Å². The highest BCUT2D eigenvalue weighted by molar-refractivity contribution is 5.99. The van der Waals surface area contributed by atoms with Gasteiger partial charge < -0.3 is 14.9 Å². The molecule has 0 saturated heterocycles. The number of hydrogen-bond donors (Lipinski definition) is 1. The van der Waals surface area contributed by atoms with Gasteiger partial charge in [-0.05, 0) is 32.1 Å². The molecule has 0 spiro atoms. The summed E-state index contributed by atoms with van der Waals surface area (Å²) >= 11 is 0. The Hall–Kier alpha value is -1.69. The van der Waals surface area contributed by atoms with Crippen LogP contribution >= 0.6 is 0 Å². The van der Waals surface area contributed by atoms with E-state index >= 15 is 0 Å². The summed E-state index contributed by atoms with van der Waals surface area (Å²) in [7, 11) is 1.87. The highest BCUT2D eigenvalue weighted by atomic mass is 16.3. The Bertz CT molecular complexity index is 644. The number of aryl methyl sites for hydroxylation is 1. The first kappa shape index (κ1) is 16.8. The van der Waals surface area contributed by atoms with Crippen LogP contribution in [-0.2, 0) is 11.2 Å². The third kappa shape index (κ3) is 2.90. The van der Waals surface area contributed by atoms with Crippen LogP contribution in [0.3, 0.4) is 0 Å². The first-order chi connectivity index (χ1) is 12.2. The summed E-state index contributed by atoms with van der Waals surface area (Å²) in [6.45, 7) is 0.149. The lowest BCUT2D eigenvalue weighted by molar-refractivity contribution is -0.122. The van der Waals surface area contributed by atoms with E-state index in [1.165, 1.54) is 25.7 Å². The number of fused-ring (bicyclic) bond motifs is 2. The molecule has 2 heterocycles. The molecular weight excluding hydrogens is 316 g/mol. The first-order valence-corrected chi connectivity index (χ1v) is 9.73. The van der Waals surface area contributed by atoms with Crippen LogP contribution in [0.5, 0.6) is 0 Å². The molecule has 0 unspecified atom stereocenters. The first-order valence-electron chi connectivity index (χ1n) is 9.73. The van der Waals surface area contributed by atoms with Crippen molar-refractivity contribution in [3.05, 3.63) is 12.0 Å². The average molecular weight is 344 g/mol. The normalized spacial score (nSPS) is 26.7. The standard InChI is InChI=1S/C19H28N4O2/c1-22-16-12-20-17(10-5-11-24)21-18(16)23(13-6-2-3-7-13)15-9-4-8-14(15)19(22)25/h12-15,24H,2-11H2,1H3/t14-,15+/m0/s1. The zero-order chi connectivity index (χ0) is 17.4. The molecule has 2 saturated carbocycles. The fourth-order valence-electron chi connectivity index (χ4n) is 4.90. The number of hydrogen-bond acceptors (Lipinski definition) is 5. The maximum atomic E-state index is 13.0. The highest BCUT2D eigenvalue weighted by Crippen LogP contribution is 2.44. The summed E-state index contributed by atoms with van der Waals surface area (Å²) in [4.78, 5) is 26.7. The van der Waals surface area contributed by atoms with Gasteiger partial charge in [0.2, 0.25) is 5.91 Å². The third-order valence-electron chi connectivity index (χ3n) is 6.17. The van der Waals surface area contributed by atoms with E-state index in [0.29, 0.717) is 18.9 Å². The van der Waals surface area contributed by atoms with E-state index in [-0.39, 0.29) is 24.5 Å². The fraction of sp³-hybridized carbons (Fsp3) is 0.737. The smallest absolute Gasteiger partial charge is 0.232 e. The predicted molar refractivity (Wildman–Crippen MR) is 96.7 cm³/mol. The Balaban J connectivity index is 1.79. The average Bonchev–Trinajstić information content (AvgIpc) is 3.30. The SMILES string of the molecule is CN1C(=O)[C@H]2CCC[C@H]2N(C2CCCC2)c2nc(CCCO)ncc21. The van der Waals surface area contributed by atoms with Crippen LogP contribution in [0.25, 0.3) is 0 Å². The monoisotopic (exact) mass is 344 g/mol. The van der Waals surface area contributed by atoms with Gasteiger partial charge in [0, 0.05) is 32.2 Å². The van der Waals surface area contributed by atoms with Crippen LogP contribution in [-0.4, -0.2) is 46.7 Å². The Morgan fingerprint density at radius 3 is 2.76 bits per heavy atom. The largest absolute Gasteiger partial charge is 0.396 e. The molecule has 1 aliphatic heterocycles. The van der Waals surface area contributed by atoms with Crippen LogP contribution in [0.15, 0.2) is 6.20 Å². The topological polar surface area (TPSA) is 69.6 Å². The van der Waals surface area contributed by atoms with Gasteiger partial charge in [-0.25, -0.2) is 9.97 Å². The molecule has 6 nitrogen and oxygen atoms in total. The number of rotatable bonds is 4. The lowest BCUT2D eigenvalue weighted by Gasteiger charge is -2.36. The Morgan fingerprint density at radius 2 is 2.00 bits per heavy atom. The van der Waals surface area contributed by atoms with Crippen molar-refractivity contribution in [1.29, 1.82) is 0 Å². The molecule has 0 radical (unpaired) electrons. The van der Waals surface area contributed by atoms with E-state index in [1.807, 2.05) is 13.2 Å². The molecule has 136 valence electrons. The van der Waals surface area contributed by atoms with Crippen LogP contribution in [0.2, 0.25) is 0 Å². The van der Waals surface area contributed by atoms with Crippen LogP contribution in [0, 0.1) is 5.92 Å². The Kier molecular flexibility index (Phi) is 4.63. The van der Waals surface area contributed by atoms with Gasteiger partial charge >= 0.3 is 0 Å². The van der Waals surface area contributed by atoms with Crippen molar-refractivity contribution >= 4 is 17.4 Å². The second-order valence-electron chi connectivity index (χ2n) is 7.67.